The maximum Gasteiger partial charge on any atom is 0.411 e. The summed E-state index contributed by atoms with van der Waals surface area (Å²) in [6.07, 6.45) is 2.46. The van der Waals surface area contributed by atoms with Gasteiger partial charge in [0.05, 0.1) is 13.7 Å². The summed E-state index contributed by atoms with van der Waals surface area (Å²) in [6, 6.07) is 16.0. The highest BCUT2D eigenvalue weighted by molar-refractivity contribution is 6.06. The quantitative estimate of drug-likeness (QED) is 0.362. The molecule has 30 heavy (non-hydrogen) atoms. The molecule has 0 saturated carbocycles. The molecule has 0 aliphatic rings. The van der Waals surface area contributed by atoms with Gasteiger partial charge in [0.25, 0.3) is 0 Å². The number of nitrogens with zero attached hydrogens (tertiary/aromatic N) is 1. The number of benzene rings is 2. The fourth-order valence-electron chi connectivity index (χ4n) is 2.86. The minimum absolute atomic E-state index is 0.181. The van der Waals surface area contributed by atoms with Crippen molar-refractivity contribution in [2.45, 2.75) is 12.8 Å². The summed E-state index contributed by atoms with van der Waals surface area (Å²) in [5, 5.41) is 0. The summed E-state index contributed by atoms with van der Waals surface area (Å²) in [6.45, 7) is -1.59. The van der Waals surface area contributed by atoms with Crippen LogP contribution in [0.25, 0.3) is 11.8 Å². The van der Waals surface area contributed by atoms with Gasteiger partial charge in [0, 0.05) is 29.2 Å². The number of halogens is 3. The van der Waals surface area contributed by atoms with E-state index in [-0.39, 0.29) is 12.4 Å². The second kappa shape index (κ2) is 9.45. The lowest BCUT2D eigenvalue weighted by Gasteiger charge is -2.11. The molecule has 0 fully saturated rings. The number of ether oxygens (including phenoxy) is 2. The van der Waals surface area contributed by atoms with Crippen LogP contribution in [0.5, 0.6) is 5.75 Å². The van der Waals surface area contributed by atoms with Gasteiger partial charge in [-0.15, -0.1) is 0 Å². The van der Waals surface area contributed by atoms with Crippen LogP contribution < -0.4 is 4.74 Å². The van der Waals surface area contributed by atoms with E-state index in [9.17, 15) is 18.0 Å². The highest BCUT2D eigenvalue weighted by Crippen LogP contribution is 2.23. The largest absolute Gasteiger partial charge is 0.496 e. The van der Waals surface area contributed by atoms with E-state index in [1.807, 2.05) is 41.2 Å². The van der Waals surface area contributed by atoms with Gasteiger partial charge in [0.15, 0.2) is 5.78 Å². The first-order valence-electron chi connectivity index (χ1n) is 9.13. The molecule has 0 aliphatic heterocycles. The van der Waals surface area contributed by atoms with Gasteiger partial charge in [0.1, 0.15) is 12.4 Å². The van der Waals surface area contributed by atoms with E-state index in [1.165, 1.54) is 13.2 Å². The number of rotatable bonds is 8. The number of hydrogen-bond donors (Lipinski definition) is 0. The number of ketones is 1. The van der Waals surface area contributed by atoms with Crippen LogP contribution in [0.3, 0.4) is 0 Å². The van der Waals surface area contributed by atoms with Crippen molar-refractivity contribution < 1.29 is 27.4 Å². The summed E-state index contributed by atoms with van der Waals surface area (Å²) in [5.74, 6) is 0.237. The van der Waals surface area contributed by atoms with Gasteiger partial charge in [-0.2, -0.15) is 13.2 Å². The fourth-order valence-corrected chi connectivity index (χ4v) is 2.86. The van der Waals surface area contributed by atoms with E-state index in [1.54, 1.807) is 36.4 Å². The zero-order valence-corrected chi connectivity index (χ0v) is 16.2. The highest BCUT2D eigenvalue weighted by atomic mass is 19.4. The average molecular weight is 415 g/mol. The van der Waals surface area contributed by atoms with Gasteiger partial charge in [-0.05, 0) is 60.2 Å². The van der Waals surface area contributed by atoms with Crippen molar-refractivity contribution in [2.75, 3.05) is 13.7 Å². The summed E-state index contributed by atoms with van der Waals surface area (Å²) < 4.78 is 48.7. The first kappa shape index (κ1) is 21.4. The molecule has 7 heteroatoms. The maximum atomic E-state index is 12.4. The van der Waals surface area contributed by atoms with Crippen LogP contribution in [0, 0.1) is 0 Å². The van der Waals surface area contributed by atoms with E-state index in [0.717, 1.165) is 5.69 Å². The molecule has 4 nitrogen and oxygen atoms in total. The van der Waals surface area contributed by atoms with E-state index in [2.05, 4.69) is 0 Å². The lowest BCUT2D eigenvalue weighted by atomic mass is 10.1. The molecular weight excluding hydrogens is 395 g/mol. The normalized spacial score (nSPS) is 11.7. The number of alkyl halides is 3. The molecule has 2 aromatic carbocycles. The summed E-state index contributed by atoms with van der Waals surface area (Å²) in [5.41, 5.74) is 2.59. The summed E-state index contributed by atoms with van der Waals surface area (Å²) >= 11 is 0. The average Bonchev–Trinajstić information content (AvgIpc) is 3.26. The van der Waals surface area contributed by atoms with Gasteiger partial charge in [-0.3, -0.25) is 4.79 Å². The lowest BCUT2D eigenvalue weighted by Crippen LogP contribution is -2.16. The SMILES string of the molecule is COc1ccc(/C=C/C(=O)c2ccc(-n3cccc3)cc2)cc1COCC(F)(F)F. The summed E-state index contributed by atoms with van der Waals surface area (Å²) in [4.78, 5) is 12.4. The first-order valence-corrected chi connectivity index (χ1v) is 9.13. The predicted molar refractivity (Wildman–Crippen MR) is 108 cm³/mol. The van der Waals surface area contributed by atoms with E-state index in [4.69, 9.17) is 9.47 Å². The second-order valence-corrected chi connectivity index (χ2v) is 6.51. The number of allylic oxidation sites excluding steroid dienone is 1. The molecule has 1 aromatic heterocycles. The third-order valence-electron chi connectivity index (χ3n) is 4.31. The molecule has 0 aliphatic carbocycles. The Morgan fingerprint density at radius 2 is 1.77 bits per heavy atom. The van der Waals surface area contributed by atoms with Gasteiger partial charge in [-0.25, -0.2) is 0 Å². The molecule has 3 rings (SSSR count). The number of methoxy groups -OCH3 is 1. The van der Waals surface area contributed by atoms with Crippen molar-refractivity contribution in [2.24, 2.45) is 0 Å². The van der Waals surface area contributed by atoms with Crippen LogP contribution in [0.1, 0.15) is 21.5 Å². The molecule has 0 N–H and O–H groups in total. The molecule has 0 bridgehead atoms. The van der Waals surface area contributed by atoms with Crippen LogP contribution in [-0.4, -0.2) is 30.2 Å². The Morgan fingerprint density at radius 1 is 1.07 bits per heavy atom. The standard InChI is InChI=1S/C23H20F3NO3/c1-29-22-11-5-17(14-19(22)15-30-16-23(24,25)26)4-10-21(28)18-6-8-20(9-7-18)27-12-2-3-13-27/h2-14H,15-16H2,1H3/b10-4+. The van der Waals surface area contributed by atoms with E-state index in [0.29, 0.717) is 22.4 Å². The van der Waals surface area contributed by atoms with E-state index >= 15 is 0 Å². The van der Waals surface area contributed by atoms with Crippen LogP contribution in [-0.2, 0) is 11.3 Å². The Labute approximate surface area is 172 Å². The number of hydrogen-bond acceptors (Lipinski definition) is 3. The monoisotopic (exact) mass is 415 g/mol. The van der Waals surface area contributed by atoms with Crippen molar-refractivity contribution in [1.82, 2.24) is 4.57 Å². The maximum absolute atomic E-state index is 12.4. The van der Waals surface area contributed by atoms with Crippen LogP contribution >= 0.6 is 0 Å². The molecule has 0 unspecified atom stereocenters. The minimum Gasteiger partial charge on any atom is -0.496 e. The van der Waals surface area contributed by atoms with Crippen molar-refractivity contribution in [3.63, 3.8) is 0 Å². The Bertz CT molecular complexity index is 1010. The Kier molecular flexibility index (Phi) is 6.74. The van der Waals surface area contributed by atoms with Gasteiger partial charge < -0.3 is 14.0 Å². The van der Waals surface area contributed by atoms with Crippen LogP contribution in [0.4, 0.5) is 13.2 Å². The van der Waals surface area contributed by atoms with E-state index < -0.39 is 12.8 Å². The molecule has 0 saturated heterocycles. The molecule has 0 amide bonds. The molecule has 0 atom stereocenters. The fraction of sp³-hybridized carbons (Fsp3) is 0.174. The number of carbonyl (C=O) groups is 1. The molecule has 0 radical (unpaired) electrons. The zero-order valence-electron chi connectivity index (χ0n) is 16.2. The van der Waals surface area contributed by atoms with Gasteiger partial charge in [-0.1, -0.05) is 12.1 Å². The molecular formula is C23H20F3NO3. The molecule has 1 heterocycles. The van der Waals surface area contributed by atoms with Gasteiger partial charge in [0.2, 0.25) is 0 Å². The number of carbonyl (C=O) groups excluding carboxylic acids is 1. The van der Waals surface area contributed by atoms with Crippen molar-refractivity contribution in [1.29, 1.82) is 0 Å². The van der Waals surface area contributed by atoms with Crippen LogP contribution in [0.15, 0.2) is 73.1 Å². The third-order valence-corrected chi connectivity index (χ3v) is 4.31. The van der Waals surface area contributed by atoms with Crippen LogP contribution in [0.2, 0.25) is 0 Å². The lowest BCUT2D eigenvalue weighted by molar-refractivity contribution is -0.176. The Balaban J connectivity index is 1.68. The zero-order chi connectivity index (χ0) is 21.6. The second-order valence-electron chi connectivity index (χ2n) is 6.51. The van der Waals surface area contributed by atoms with Crippen molar-refractivity contribution >= 4 is 11.9 Å². The molecule has 0 spiro atoms. The Hall–Kier alpha value is -3.32. The topological polar surface area (TPSA) is 40.5 Å². The van der Waals surface area contributed by atoms with Crippen molar-refractivity contribution in [3.8, 4) is 11.4 Å². The third kappa shape index (κ3) is 5.84. The first-order chi connectivity index (χ1) is 14.4. The smallest absolute Gasteiger partial charge is 0.411 e. The van der Waals surface area contributed by atoms with Crippen molar-refractivity contribution in [3.05, 3.63) is 89.8 Å². The predicted octanol–water partition coefficient (Wildman–Crippen LogP) is 5.46. The minimum atomic E-state index is -4.39. The molecule has 156 valence electrons. The number of aromatic nitrogens is 1. The highest BCUT2D eigenvalue weighted by Gasteiger charge is 2.27. The van der Waals surface area contributed by atoms with Gasteiger partial charge >= 0.3 is 6.18 Å². The summed E-state index contributed by atoms with van der Waals surface area (Å²) in [7, 11) is 1.43. The molecule has 3 aromatic rings. The Morgan fingerprint density at radius 3 is 2.40 bits per heavy atom.